The number of halogens is 2. The van der Waals surface area contributed by atoms with Gasteiger partial charge in [0.05, 0.1) is 12.0 Å². The van der Waals surface area contributed by atoms with Crippen molar-refractivity contribution in [3.63, 3.8) is 0 Å². The van der Waals surface area contributed by atoms with Gasteiger partial charge in [0.1, 0.15) is 6.61 Å². The smallest absolute Gasteiger partial charge is 0.209 e. The highest BCUT2D eigenvalue weighted by atomic mass is 79.9. The first-order chi connectivity index (χ1) is 18.7. The molecule has 2 heterocycles. The van der Waals surface area contributed by atoms with Crippen LogP contribution in [0, 0.1) is 0 Å². The predicted octanol–water partition coefficient (Wildman–Crippen LogP) is 3.89. The second-order valence-electron chi connectivity index (χ2n) is 11.7. The van der Waals surface area contributed by atoms with Crippen molar-refractivity contribution in [2.24, 2.45) is 0 Å². The number of nitrogens with zero attached hydrogens (tertiary/aromatic N) is 2. The average molecular weight is 624 g/mol. The number of β-amino-alcohol motifs (C(OH)–C–C–N with tert-alkyl or cyclic N) is 2. The fourth-order valence-corrected chi connectivity index (χ4v) is 6.85. The Morgan fingerprint density at radius 3 is 2.30 bits per heavy atom. The van der Waals surface area contributed by atoms with E-state index in [9.17, 15) is 10.2 Å². The summed E-state index contributed by atoms with van der Waals surface area (Å²) in [5, 5.41) is 20.4. The Kier molecular flexibility index (Phi) is 9.31. The van der Waals surface area contributed by atoms with Gasteiger partial charge in [-0.3, -0.25) is 0 Å². The molecule has 0 aromatic heterocycles. The predicted molar refractivity (Wildman–Crippen MR) is 162 cm³/mol. The fraction of sp³-hybridized carbons (Fsp3) is 0.382. The Hall–Kier alpha value is -2.44. The lowest BCUT2D eigenvalue weighted by Gasteiger charge is -2.26. The summed E-state index contributed by atoms with van der Waals surface area (Å²) in [6.07, 6.45) is 11.7. The average Bonchev–Trinajstić information content (AvgIpc) is 3.27. The summed E-state index contributed by atoms with van der Waals surface area (Å²) in [4.78, 5) is 2.24. The molecular weight excluding hydrogens is 584 g/mol. The van der Waals surface area contributed by atoms with E-state index in [0.29, 0.717) is 13.1 Å². The molecule has 2 aliphatic heterocycles. The van der Waals surface area contributed by atoms with Gasteiger partial charge in [-0.15, -0.1) is 0 Å². The van der Waals surface area contributed by atoms with Crippen molar-refractivity contribution in [1.29, 1.82) is 0 Å². The minimum Gasteiger partial charge on any atom is -1.00 e. The molecule has 0 radical (unpaired) electrons. The maximum atomic E-state index is 9.79. The monoisotopic (exact) mass is 622 g/mol. The Balaban J connectivity index is 0.00000370. The highest BCUT2D eigenvalue weighted by molar-refractivity contribution is 6.32. The highest BCUT2D eigenvalue weighted by Gasteiger charge is 2.44. The molecule has 212 valence electrons. The van der Waals surface area contributed by atoms with Crippen LogP contribution in [-0.4, -0.2) is 46.8 Å². The summed E-state index contributed by atoms with van der Waals surface area (Å²) in [5.74, 6) is 0. The van der Waals surface area contributed by atoms with Gasteiger partial charge in [-0.25, -0.2) is 0 Å². The van der Waals surface area contributed by atoms with Crippen molar-refractivity contribution in [2.75, 3.05) is 31.2 Å². The van der Waals surface area contributed by atoms with E-state index >= 15 is 0 Å². The molecule has 0 spiro atoms. The van der Waals surface area contributed by atoms with Gasteiger partial charge in [0, 0.05) is 46.1 Å². The number of rotatable bonds is 7. The van der Waals surface area contributed by atoms with Gasteiger partial charge < -0.3 is 32.1 Å². The minimum absolute atomic E-state index is 0. The molecule has 2 N–H and O–H groups in total. The Morgan fingerprint density at radius 1 is 0.875 bits per heavy atom. The first-order valence-corrected chi connectivity index (χ1v) is 14.4. The van der Waals surface area contributed by atoms with Crippen LogP contribution in [0.3, 0.4) is 0 Å². The molecule has 0 atom stereocenters. The normalized spacial score (nSPS) is 21.4. The number of hydrogen-bond acceptors (Lipinski definition) is 3. The first kappa shape index (κ1) is 30.5. The summed E-state index contributed by atoms with van der Waals surface area (Å²) in [5.41, 5.74) is 9.23. The van der Waals surface area contributed by atoms with Crippen molar-refractivity contribution < 1.29 is 31.8 Å². The van der Waals surface area contributed by atoms with E-state index in [2.05, 4.69) is 110 Å². The minimum atomic E-state index is -0.160. The summed E-state index contributed by atoms with van der Waals surface area (Å²) < 4.78 is 2.24. The molecule has 5 rings (SSSR count). The van der Waals surface area contributed by atoms with Gasteiger partial charge in [0.2, 0.25) is 5.69 Å². The van der Waals surface area contributed by atoms with Crippen LogP contribution in [0.25, 0.3) is 0 Å². The van der Waals surface area contributed by atoms with Gasteiger partial charge in [0.15, 0.2) is 12.3 Å². The number of aliphatic hydroxyl groups excluding tert-OH is 2. The van der Waals surface area contributed by atoms with E-state index in [4.69, 9.17) is 11.6 Å². The van der Waals surface area contributed by atoms with E-state index in [1.807, 2.05) is 0 Å². The lowest BCUT2D eigenvalue weighted by Crippen LogP contribution is -3.00. The zero-order chi connectivity index (χ0) is 27.8. The van der Waals surface area contributed by atoms with Crippen molar-refractivity contribution in [3.05, 3.63) is 106 Å². The lowest BCUT2D eigenvalue weighted by atomic mass is 9.81. The third kappa shape index (κ3) is 5.30. The molecule has 0 fully saturated rings. The summed E-state index contributed by atoms with van der Waals surface area (Å²) in [6, 6.07) is 16.9. The van der Waals surface area contributed by atoms with E-state index in [-0.39, 0.29) is 41.0 Å². The quantitative estimate of drug-likeness (QED) is 0.461. The summed E-state index contributed by atoms with van der Waals surface area (Å²) in [6.45, 7) is 10.3. The molecule has 0 saturated carbocycles. The molecular formula is C34H40BrClN2O2. The second kappa shape index (κ2) is 12.2. The van der Waals surface area contributed by atoms with Crippen LogP contribution < -0.4 is 21.9 Å². The van der Waals surface area contributed by atoms with Gasteiger partial charge in [-0.1, -0.05) is 74.0 Å². The van der Waals surface area contributed by atoms with E-state index in [1.54, 1.807) is 0 Å². The van der Waals surface area contributed by atoms with Crippen molar-refractivity contribution in [1.82, 2.24) is 0 Å². The first-order valence-electron chi connectivity index (χ1n) is 14.0. The molecule has 2 aromatic carbocycles. The Labute approximate surface area is 254 Å². The van der Waals surface area contributed by atoms with Crippen LogP contribution in [0.1, 0.15) is 58.1 Å². The van der Waals surface area contributed by atoms with Gasteiger partial charge in [0.25, 0.3) is 0 Å². The number of fused-ring (bicyclic) bond motifs is 2. The van der Waals surface area contributed by atoms with Crippen LogP contribution in [-0.2, 0) is 10.8 Å². The third-order valence-corrected chi connectivity index (χ3v) is 9.07. The Morgan fingerprint density at radius 2 is 1.57 bits per heavy atom. The topological polar surface area (TPSA) is 46.7 Å². The largest absolute Gasteiger partial charge is 1.00 e. The molecule has 0 saturated heterocycles. The van der Waals surface area contributed by atoms with Crippen LogP contribution in [0.4, 0.5) is 11.4 Å². The van der Waals surface area contributed by atoms with Gasteiger partial charge >= 0.3 is 0 Å². The van der Waals surface area contributed by atoms with Crippen LogP contribution in [0.2, 0.25) is 0 Å². The van der Waals surface area contributed by atoms with Crippen LogP contribution in [0.15, 0.2) is 94.7 Å². The van der Waals surface area contributed by atoms with Crippen molar-refractivity contribution in [3.8, 4) is 0 Å². The molecule has 0 amide bonds. The number of allylic oxidation sites excluding steroid dienone is 8. The molecule has 6 heteroatoms. The molecule has 0 bridgehead atoms. The van der Waals surface area contributed by atoms with E-state index in [1.165, 1.54) is 33.9 Å². The summed E-state index contributed by atoms with van der Waals surface area (Å²) in [7, 11) is 0. The molecule has 0 unspecified atom stereocenters. The van der Waals surface area contributed by atoms with E-state index in [0.717, 1.165) is 35.4 Å². The maximum absolute atomic E-state index is 9.79. The molecule has 3 aliphatic rings. The lowest BCUT2D eigenvalue weighted by molar-refractivity contribution is -0.441. The SMILES string of the molecule is CC1(C)C(/C=C/C2=C(Cl)C(=C\C=C3/N(CCO)c4ccccc4C3(C)C)/CCC2)=[N+](CCO)c2ccccc21.[Br-]. The van der Waals surface area contributed by atoms with Crippen LogP contribution in [0.5, 0.6) is 0 Å². The zero-order valence-electron chi connectivity index (χ0n) is 23.9. The van der Waals surface area contributed by atoms with E-state index < -0.39 is 0 Å². The van der Waals surface area contributed by atoms with Crippen molar-refractivity contribution >= 4 is 28.7 Å². The molecule has 2 aromatic rings. The number of aliphatic hydroxyl groups is 2. The Bertz CT molecular complexity index is 1430. The molecule has 4 nitrogen and oxygen atoms in total. The zero-order valence-corrected chi connectivity index (χ0v) is 26.3. The molecule has 40 heavy (non-hydrogen) atoms. The van der Waals surface area contributed by atoms with Crippen LogP contribution >= 0.6 is 11.6 Å². The summed E-state index contributed by atoms with van der Waals surface area (Å²) >= 11 is 7.05. The fourth-order valence-electron chi connectivity index (χ4n) is 6.53. The number of hydrogen-bond donors (Lipinski definition) is 2. The second-order valence-corrected chi connectivity index (χ2v) is 12.1. The van der Waals surface area contributed by atoms with Gasteiger partial charge in [-0.2, -0.15) is 4.58 Å². The standard InChI is InChI=1S/C34H40ClN2O2.BrH/c1-33(2)26-12-5-7-14-28(26)36(20-22-38)30(33)18-16-24-10-9-11-25(32(24)35)17-19-31-34(3,4)27-13-6-8-15-29(27)37(31)21-23-39;/h5-8,12-19,38-39H,9-11,20-23H2,1-4H3;1H/q+1;/p-1. The number of anilines is 1. The van der Waals surface area contributed by atoms with Crippen molar-refractivity contribution in [2.45, 2.75) is 57.8 Å². The highest BCUT2D eigenvalue weighted by Crippen LogP contribution is 2.47. The maximum Gasteiger partial charge on any atom is 0.209 e. The third-order valence-electron chi connectivity index (χ3n) is 8.59. The van der Waals surface area contributed by atoms with Gasteiger partial charge in [-0.05, 0) is 62.0 Å². The number of benzene rings is 2. The number of para-hydroxylation sites is 2. The molecule has 1 aliphatic carbocycles.